The highest BCUT2D eigenvalue weighted by Crippen LogP contribution is 2.29. The molecule has 3 heterocycles. The minimum absolute atomic E-state index is 0.0352. The van der Waals surface area contributed by atoms with E-state index in [1.807, 2.05) is 4.90 Å². The number of anilines is 1. The number of hydrogen-bond acceptors (Lipinski definition) is 7. The third-order valence-electron chi connectivity index (χ3n) is 5.28. The number of halogens is 4. The summed E-state index contributed by atoms with van der Waals surface area (Å²) in [6, 6.07) is 2.16. The monoisotopic (exact) mass is 478 g/mol. The molecule has 3 rings (SSSR count). The summed E-state index contributed by atoms with van der Waals surface area (Å²) in [6.07, 6.45) is -3.35. The highest BCUT2D eigenvalue weighted by molar-refractivity contribution is 6.31. The van der Waals surface area contributed by atoms with E-state index in [1.165, 1.54) is 6.07 Å². The molecule has 2 aliphatic rings. The van der Waals surface area contributed by atoms with Crippen LogP contribution in [0, 0.1) is 0 Å². The van der Waals surface area contributed by atoms with Crippen molar-refractivity contribution in [3.8, 4) is 0 Å². The number of aromatic nitrogens is 1. The van der Waals surface area contributed by atoms with Gasteiger partial charge in [-0.25, -0.2) is 10.4 Å². The average molecular weight is 479 g/mol. The van der Waals surface area contributed by atoms with E-state index in [0.29, 0.717) is 51.7 Å². The Balaban J connectivity index is 1.30. The van der Waals surface area contributed by atoms with E-state index in [2.05, 4.69) is 21.2 Å². The number of nitrogens with zero attached hydrogens (tertiary/aromatic N) is 3. The zero-order valence-corrected chi connectivity index (χ0v) is 18.1. The molecule has 13 heteroatoms. The van der Waals surface area contributed by atoms with Crippen LogP contribution in [0.25, 0.3) is 0 Å². The molecular formula is C19H26ClF3N6O3. The number of carbonyl (C=O) groups is 2. The quantitative estimate of drug-likeness (QED) is 0.366. The molecule has 1 aromatic rings. The number of piperazine rings is 1. The number of nitrogens with one attached hydrogen (secondary N) is 3. The second-order valence-electron chi connectivity index (χ2n) is 7.47. The lowest BCUT2D eigenvalue weighted by Crippen LogP contribution is -2.61. The Morgan fingerprint density at radius 1 is 1.25 bits per heavy atom. The highest BCUT2D eigenvalue weighted by Gasteiger charge is 2.31. The molecule has 0 spiro atoms. The third kappa shape index (κ3) is 6.67. The molecule has 0 aromatic carbocycles. The summed E-state index contributed by atoms with van der Waals surface area (Å²) in [7, 11) is 0. The summed E-state index contributed by atoms with van der Waals surface area (Å²) >= 11 is 6.02. The second-order valence-corrected chi connectivity index (χ2v) is 7.94. The number of alkyl halides is 4. The van der Waals surface area contributed by atoms with Crippen molar-refractivity contribution in [2.75, 3.05) is 57.4 Å². The van der Waals surface area contributed by atoms with Crippen LogP contribution in [0.1, 0.15) is 12.0 Å². The summed E-state index contributed by atoms with van der Waals surface area (Å²) in [4.78, 5) is 31.3. The van der Waals surface area contributed by atoms with Crippen molar-refractivity contribution in [2.45, 2.75) is 24.0 Å². The van der Waals surface area contributed by atoms with E-state index < -0.39 is 17.1 Å². The van der Waals surface area contributed by atoms with Crippen LogP contribution in [0.15, 0.2) is 18.3 Å². The van der Waals surface area contributed by atoms with Gasteiger partial charge in [-0.2, -0.15) is 13.2 Å². The van der Waals surface area contributed by atoms with Crippen LogP contribution in [-0.4, -0.2) is 85.6 Å². The van der Waals surface area contributed by atoms with Gasteiger partial charge in [0, 0.05) is 51.5 Å². The predicted molar refractivity (Wildman–Crippen MR) is 111 cm³/mol. The topological polar surface area (TPSA) is 98.8 Å². The molecule has 2 atom stereocenters. The molecule has 0 radical (unpaired) electrons. The first-order chi connectivity index (χ1) is 15.3. The fourth-order valence-electron chi connectivity index (χ4n) is 3.44. The van der Waals surface area contributed by atoms with Crippen molar-refractivity contribution in [2.24, 2.45) is 0 Å². The van der Waals surface area contributed by atoms with Crippen LogP contribution in [0.5, 0.6) is 0 Å². The molecule has 0 bridgehead atoms. The second kappa shape index (κ2) is 11.1. The number of pyridine rings is 1. The van der Waals surface area contributed by atoms with Crippen molar-refractivity contribution >= 4 is 29.2 Å². The molecule has 2 amide bonds. The zero-order chi connectivity index (χ0) is 23.1. The van der Waals surface area contributed by atoms with E-state index in [0.717, 1.165) is 12.3 Å². The van der Waals surface area contributed by atoms with Crippen LogP contribution in [0.2, 0.25) is 0 Å². The summed E-state index contributed by atoms with van der Waals surface area (Å²) in [5.74, 6) is 0.147. The molecule has 1 aromatic heterocycles. The van der Waals surface area contributed by atoms with Crippen molar-refractivity contribution in [3.05, 3.63) is 23.9 Å². The van der Waals surface area contributed by atoms with Gasteiger partial charge in [0.1, 0.15) is 11.2 Å². The van der Waals surface area contributed by atoms with Crippen LogP contribution in [0.4, 0.5) is 19.0 Å². The number of ether oxygens (including phenoxy) is 1. The van der Waals surface area contributed by atoms with Gasteiger partial charge in [-0.05, 0) is 12.1 Å². The van der Waals surface area contributed by atoms with Crippen molar-refractivity contribution in [1.82, 2.24) is 26.1 Å². The largest absolute Gasteiger partial charge is 0.417 e. The SMILES string of the molecule is O=C1NNCC(NCCOCCC(=O)N2CCN(c3ccc(C(F)(F)F)cn3)CC2)C1Cl. The van der Waals surface area contributed by atoms with Crippen LogP contribution in [-0.2, 0) is 20.5 Å². The maximum Gasteiger partial charge on any atom is 0.417 e. The molecule has 0 saturated carbocycles. The number of hydrazine groups is 1. The van der Waals surface area contributed by atoms with Crippen LogP contribution < -0.4 is 21.1 Å². The fraction of sp³-hybridized carbons (Fsp3) is 0.632. The molecule has 3 N–H and O–H groups in total. The molecule has 0 aliphatic carbocycles. The van der Waals surface area contributed by atoms with E-state index in [9.17, 15) is 22.8 Å². The Morgan fingerprint density at radius 2 is 2.00 bits per heavy atom. The zero-order valence-electron chi connectivity index (χ0n) is 17.3. The van der Waals surface area contributed by atoms with E-state index in [-0.39, 0.29) is 30.9 Å². The first kappa shape index (κ1) is 24.5. The summed E-state index contributed by atoms with van der Waals surface area (Å²) in [5.41, 5.74) is 4.42. The lowest BCUT2D eigenvalue weighted by molar-refractivity contribution is -0.138. The van der Waals surface area contributed by atoms with Gasteiger partial charge >= 0.3 is 6.18 Å². The van der Waals surface area contributed by atoms with Crippen LogP contribution >= 0.6 is 11.6 Å². The minimum Gasteiger partial charge on any atom is -0.380 e. The number of hydrogen-bond donors (Lipinski definition) is 3. The third-order valence-corrected chi connectivity index (χ3v) is 5.78. The summed E-state index contributed by atoms with van der Waals surface area (Å²) < 4.78 is 43.5. The molecular weight excluding hydrogens is 453 g/mol. The van der Waals surface area contributed by atoms with Crippen molar-refractivity contribution in [3.63, 3.8) is 0 Å². The Kier molecular flexibility index (Phi) is 8.51. The molecule has 32 heavy (non-hydrogen) atoms. The highest BCUT2D eigenvalue weighted by atomic mass is 35.5. The number of rotatable bonds is 8. The molecule has 9 nitrogen and oxygen atoms in total. The molecule has 2 aliphatic heterocycles. The Labute approximate surface area is 188 Å². The van der Waals surface area contributed by atoms with Gasteiger partial charge in [-0.1, -0.05) is 0 Å². The maximum absolute atomic E-state index is 12.7. The van der Waals surface area contributed by atoms with Gasteiger partial charge in [0.05, 0.1) is 25.2 Å². The Morgan fingerprint density at radius 3 is 2.66 bits per heavy atom. The lowest BCUT2D eigenvalue weighted by atomic mass is 10.1. The summed E-state index contributed by atoms with van der Waals surface area (Å²) in [6.45, 7) is 3.59. The number of carbonyl (C=O) groups excluding carboxylic acids is 2. The Hall–Kier alpha value is -2.15. The van der Waals surface area contributed by atoms with E-state index in [4.69, 9.17) is 16.3 Å². The number of amides is 2. The first-order valence-corrected chi connectivity index (χ1v) is 10.7. The van der Waals surface area contributed by atoms with Gasteiger partial charge in [-0.15, -0.1) is 11.6 Å². The smallest absolute Gasteiger partial charge is 0.380 e. The van der Waals surface area contributed by atoms with Gasteiger partial charge in [0.25, 0.3) is 5.91 Å². The molecule has 2 unspecified atom stereocenters. The lowest BCUT2D eigenvalue weighted by Gasteiger charge is -2.35. The van der Waals surface area contributed by atoms with Crippen molar-refractivity contribution in [1.29, 1.82) is 0 Å². The fourth-order valence-corrected chi connectivity index (χ4v) is 3.67. The normalized spacial score (nSPS) is 22.1. The van der Waals surface area contributed by atoms with E-state index >= 15 is 0 Å². The predicted octanol–water partition coefficient (Wildman–Crippen LogP) is 0.356. The van der Waals surface area contributed by atoms with Crippen molar-refractivity contribution < 1.29 is 27.5 Å². The summed E-state index contributed by atoms with van der Waals surface area (Å²) in [5, 5.41) is 2.48. The van der Waals surface area contributed by atoms with E-state index in [1.54, 1.807) is 4.90 Å². The van der Waals surface area contributed by atoms with Crippen LogP contribution in [0.3, 0.4) is 0 Å². The standard InChI is InChI=1S/C19H26ClF3N6O3/c20-17-14(12-26-27-18(17)31)24-4-10-32-9-3-16(30)29-7-5-28(6-8-29)15-2-1-13(11-25-15)19(21,22)23/h1-2,11,14,17,24,26H,3-10,12H2,(H,27,31). The van der Waals surface area contributed by atoms with Gasteiger partial charge in [0.15, 0.2) is 0 Å². The Bertz CT molecular complexity index is 775. The van der Waals surface area contributed by atoms with Gasteiger partial charge in [-0.3, -0.25) is 15.0 Å². The molecule has 2 fully saturated rings. The van der Waals surface area contributed by atoms with Gasteiger partial charge < -0.3 is 19.9 Å². The maximum atomic E-state index is 12.7. The minimum atomic E-state index is -4.41. The van der Waals surface area contributed by atoms with Gasteiger partial charge in [0.2, 0.25) is 5.91 Å². The molecule has 178 valence electrons. The molecule has 2 saturated heterocycles. The average Bonchev–Trinajstić information content (AvgIpc) is 2.78. The first-order valence-electron chi connectivity index (χ1n) is 10.3.